The monoisotopic (exact) mass is 252 g/mol. The van der Waals surface area contributed by atoms with Crippen LogP contribution < -0.4 is 0 Å². The third-order valence-electron chi connectivity index (χ3n) is 3.85. The van der Waals surface area contributed by atoms with Crippen LogP contribution in [-0.2, 0) is 0 Å². The number of rotatable bonds is 2. The molecule has 0 aliphatic heterocycles. The lowest BCUT2D eigenvalue weighted by Crippen LogP contribution is -1.86. The molecule has 3 aromatic rings. The first-order valence-corrected chi connectivity index (χ1v) is 7.02. The van der Waals surface area contributed by atoms with Crippen molar-refractivity contribution in [2.24, 2.45) is 0 Å². The number of hydrogen-bond acceptors (Lipinski definition) is 1. The second kappa shape index (κ2) is 4.41. The van der Waals surface area contributed by atoms with E-state index in [-0.39, 0.29) is 0 Å². The first-order valence-electron chi connectivity index (χ1n) is 7.02. The van der Waals surface area contributed by atoms with Crippen molar-refractivity contribution in [3.8, 4) is 0 Å². The van der Waals surface area contributed by atoms with E-state index < -0.39 is 0 Å². The van der Waals surface area contributed by atoms with Gasteiger partial charge in [0.2, 0.25) is 0 Å². The van der Waals surface area contributed by atoms with Crippen molar-refractivity contribution < 1.29 is 4.42 Å². The average molecular weight is 252 g/mol. The molecule has 0 radical (unpaired) electrons. The Morgan fingerprint density at radius 1 is 0.684 bits per heavy atom. The predicted octanol–water partition coefficient (Wildman–Crippen LogP) is 5.83. The summed E-state index contributed by atoms with van der Waals surface area (Å²) in [7, 11) is 0. The number of furan rings is 1. The molecule has 19 heavy (non-hydrogen) atoms. The van der Waals surface area contributed by atoms with E-state index in [4.69, 9.17) is 4.42 Å². The van der Waals surface area contributed by atoms with Crippen molar-refractivity contribution in [3.05, 3.63) is 47.5 Å². The average Bonchev–Trinajstić information content (AvgIpc) is 2.74. The fraction of sp³-hybridized carbons (Fsp3) is 0.333. The summed E-state index contributed by atoms with van der Waals surface area (Å²) in [4.78, 5) is 0. The first-order chi connectivity index (χ1) is 9.06. The van der Waals surface area contributed by atoms with Crippen LogP contribution in [0, 0.1) is 0 Å². The van der Waals surface area contributed by atoms with Gasteiger partial charge < -0.3 is 4.42 Å². The molecule has 2 aromatic carbocycles. The van der Waals surface area contributed by atoms with Crippen LogP contribution in [0.25, 0.3) is 21.9 Å². The van der Waals surface area contributed by atoms with Crippen molar-refractivity contribution >= 4 is 21.9 Å². The summed E-state index contributed by atoms with van der Waals surface area (Å²) in [6.45, 7) is 8.86. The maximum atomic E-state index is 5.98. The van der Waals surface area contributed by atoms with Gasteiger partial charge in [-0.1, -0.05) is 45.9 Å². The summed E-state index contributed by atoms with van der Waals surface area (Å²) in [5.74, 6) is 1.08. The maximum Gasteiger partial charge on any atom is 0.135 e. The van der Waals surface area contributed by atoms with E-state index in [0.717, 1.165) is 11.2 Å². The predicted molar refractivity (Wildman–Crippen MR) is 81.9 cm³/mol. The van der Waals surface area contributed by atoms with Crippen molar-refractivity contribution in [2.45, 2.75) is 39.5 Å². The van der Waals surface area contributed by atoms with Gasteiger partial charge in [-0.2, -0.15) is 0 Å². The quantitative estimate of drug-likeness (QED) is 0.559. The van der Waals surface area contributed by atoms with Crippen molar-refractivity contribution in [1.29, 1.82) is 0 Å². The molecule has 0 N–H and O–H groups in total. The van der Waals surface area contributed by atoms with Gasteiger partial charge in [0.15, 0.2) is 0 Å². The molecule has 1 heteroatoms. The molecule has 0 amide bonds. The number of fused-ring (bicyclic) bond motifs is 3. The van der Waals surface area contributed by atoms with Gasteiger partial charge in [-0.15, -0.1) is 0 Å². The highest BCUT2D eigenvalue weighted by atomic mass is 16.3. The van der Waals surface area contributed by atoms with Gasteiger partial charge in [0, 0.05) is 10.8 Å². The SMILES string of the molecule is CC(C)c1ccc2c(c1)oc1ccc(C(C)C)cc12. The van der Waals surface area contributed by atoms with Crippen LogP contribution in [0.1, 0.15) is 50.7 Å². The van der Waals surface area contributed by atoms with E-state index in [1.165, 1.54) is 21.9 Å². The molecule has 3 rings (SSSR count). The van der Waals surface area contributed by atoms with Gasteiger partial charge in [0.1, 0.15) is 11.2 Å². The molecule has 1 heterocycles. The summed E-state index contributed by atoms with van der Waals surface area (Å²) in [5.41, 5.74) is 4.68. The zero-order valence-electron chi connectivity index (χ0n) is 12.0. The molecule has 0 bridgehead atoms. The summed E-state index contributed by atoms with van der Waals surface area (Å²) in [6, 6.07) is 13.1. The second-order valence-corrected chi connectivity index (χ2v) is 5.92. The standard InChI is InChI=1S/C18H20O/c1-11(2)13-6-8-17-16(9-13)15-7-5-14(12(3)4)10-18(15)19-17/h5-12H,1-4H3. The van der Waals surface area contributed by atoms with Gasteiger partial charge in [0.25, 0.3) is 0 Å². The van der Waals surface area contributed by atoms with Crippen LogP contribution in [0.3, 0.4) is 0 Å². The zero-order chi connectivity index (χ0) is 13.6. The molecule has 0 atom stereocenters. The van der Waals surface area contributed by atoms with Crippen LogP contribution in [0.5, 0.6) is 0 Å². The molecule has 0 fully saturated rings. The maximum absolute atomic E-state index is 5.98. The van der Waals surface area contributed by atoms with Gasteiger partial charge in [-0.3, -0.25) is 0 Å². The minimum absolute atomic E-state index is 0.531. The highest BCUT2D eigenvalue weighted by Gasteiger charge is 2.10. The van der Waals surface area contributed by atoms with Crippen molar-refractivity contribution in [2.75, 3.05) is 0 Å². The largest absolute Gasteiger partial charge is 0.456 e. The molecule has 0 unspecified atom stereocenters. The third-order valence-corrected chi connectivity index (χ3v) is 3.85. The van der Waals surface area contributed by atoms with E-state index >= 15 is 0 Å². The Morgan fingerprint density at radius 2 is 1.32 bits per heavy atom. The molecular weight excluding hydrogens is 232 g/mol. The van der Waals surface area contributed by atoms with Gasteiger partial charge in [-0.25, -0.2) is 0 Å². The summed E-state index contributed by atoms with van der Waals surface area (Å²) in [5, 5.41) is 2.46. The van der Waals surface area contributed by atoms with Crippen LogP contribution in [0.4, 0.5) is 0 Å². The molecule has 1 nitrogen and oxygen atoms in total. The smallest absolute Gasteiger partial charge is 0.135 e. The van der Waals surface area contributed by atoms with Crippen molar-refractivity contribution in [3.63, 3.8) is 0 Å². The molecule has 0 aliphatic rings. The van der Waals surface area contributed by atoms with E-state index in [2.05, 4.69) is 64.1 Å². The minimum Gasteiger partial charge on any atom is -0.456 e. The lowest BCUT2D eigenvalue weighted by Gasteiger charge is -2.04. The summed E-state index contributed by atoms with van der Waals surface area (Å²) in [6.07, 6.45) is 0. The van der Waals surface area contributed by atoms with Gasteiger partial charge >= 0.3 is 0 Å². The van der Waals surface area contributed by atoms with Crippen LogP contribution in [0.2, 0.25) is 0 Å². The molecule has 1 aromatic heterocycles. The third kappa shape index (κ3) is 2.03. The lowest BCUT2D eigenvalue weighted by molar-refractivity contribution is 0.667. The Morgan fingerprint density at radius 3 is 2.00 bits per heavy atom. The molecule has 98 valence electrons. The number of benzene rings is 2. The fourth-order valence-corrected chi connectivity index (χ4v) is 2.53. The Hall–Kier alpha value is -1.76. The van der Waals surface area contributed by atoms with E-state index in [9.17, 15) is 0 Å². The van der Waals surface area contributed by atoms with Crippen molar-refractivity contribution in [1.82, 2.24) is 0 Å². The second-order valence-electron chi connectivity index (χ2n) is 5.92. The Balaban J connectivity index is 2.27. The Bertz CT molecular complexity index is 732. The molecule has 0 spiro atoms. The summed E-state index contributed by atoms with van der Waals surface area (Å²) < 4.78 is 5.98. The van der Waals surface area contributed by atoms with Crippen LogP contribution in [-0.4, -0.2) is 0 Å². The summed E-state index contributed by atoms with van der Waals surface area (Å²) >= 11 is 0. The molecule has 0 saturated carbocycles. The van der Waals surface area contributed by atoms with Crippen LogP contribution in [0.15, 0.2) is 40.8 Å². The molecular formula is C18H20O. The Kier molecular flexibility index (Phi) is 2.85. The highest BCUT2D eigenvalue weighted by Crippen LogP contribution is 2.32. The van der Waals surface area contributed by atoms with E-state index in [0.29, 0.717) is 11.8 Å². The van der Waals surface area contributed by atoms with Gasteiger partial charge in [-0.05, 0) is 41.2 Å². The normalized spacial score (nSPS) is 12.1. The molecule has 0 aliphatic carbocycles. The zero-order valence-corrected chi connectivity index (χ0v) is 12.0. The first kappa shape index (κ1) is 12.3. The van der Waals surface area contributed by atoms with E-state index in [1.54, 1.807) is 0 Å². The topological polar surface area (TPSA) is 13.1 Å². The highest BCUT2D eigenvalue weighted by molar-refractivity contribution is 6.05. The Labute approximate surface area is 114 Å². The number of hydrogen-bond donors (Lipinski definition) is 0. The minimum atomic E-state index is 0.531. The van der Waals surface area contributed by atoms with Crippen LogP contribution >= 0.6 is 0 Å². The lowest BCUT2D eigenvalue weighted by atomic mass is 9.99. The van der Waals surface area contributed by atoms with Gasteiger partial charge in [0.05, 0.1) is 0 Å². The molecule has 0 saturated heterocycles. The van der Waals surface area contributed by atoms with E-state index in [1.807, 2.05) is 0 Å². The fourth-order valence-electron chi connectivity index (χ4n) is 2.53.